The number of aliphatic imine (C=N–C) groups is 1. The summed E-state index contributed by atoms with van der Waals surface area (Å²) in [5, 5.41) is 0. The Morgan fingerprint density at radius 2 is 2.16 bits per heavy atom. The molecule has 0 unspecified atom stereocenters. The second-order valence-corrected chi connectivity index (χ2v) is 6.02. The van der Waals surface area contributed by atoms with Gasteiger partial charge in [-0.1, -0.05) is 0 Å². The molecular weight excluding hydrogens is 313 g/mol. The zero-order valence-electron chi connectivity index (χ0n) is 10.3. The quantitative estimate of drug-likeness (QED) is 0.623. The molecule has 0 aliphatic heterocycles. The van der Waals surface area contributed by atoms with Gasteiger partial charge in [0.1, 0.15) is 17.1 Å². The minimum Gasteiger partial charge on any atom is -0.489 e. The summed E-state index contributed by atoms with van der Waals surface area (Å²) >= 11 is 3.35. The second-order valence-electron chi connectivity index (χ2n) is 5.17. The Morgan fingerprint density at radius 1 is 1.42 bits per heavy atom. The number of ether oxygens (including phenoxy) is 1. The van der Waals surface area contributed by atoms with Crippen LogP contribution in [0, 0.1) is 5.82 Å². The molecule has 0 saturated heterocycles. The topological polar surface area (TPSA) is 38.7 Å². The van der Waals surface area contributed by atoms with Gasteiger partial charge in [-0.05, 0) is 60.2 Å². The third-order valence-electron chi connectivity index (χ3n) is 3.76. The van der Waals surface area contributed by atoms with E-state index in [1.54, 1.807) is 6.08 Å². The van der Waals surface area contributed by atoms with E-state index in [0.29, 0.717) is 15.8 Å². The van der Waals surface area contributed by atoms with Crippen molar-refractivity contribution in [3.63, 3.8) is 0 Å². The standard InChI is InChI=1S/C14H13BrFNO2/c15-12-7-9(16)6-11(13(12)19-10-2-3-10)14(17-8-18)4-1-5-14/h6-7,10H,1-5H2. The summed E-state index contributed by atoms with van der Waals surface area (Å²) in [7, 11) is 0. The molecule has 0 aromatic heterocycles. The smallest absolute Gasteiger partial charge is 0.235 e. The molecule has 5 heteroatoms. The number of isocyanates is 1. The van der Waals surface area contributed by atoms with E-state index >= 15 is 0 Å². The third-order valence-corrected chi connectivity index (χ3v) is 4.35. The van der Waals surface area contributed by atoms with Gasteiger partial charge in [-0.25, -0.2) is 9.18 Å². The van der Waals surface area contributed by atoms with Crippen LogP contribution in [0.15, 0.2) is 21.6 Å². The molecule has 2 saturated carbocycles. The summed E-state index contributed by atoms with van der Waals surface area (Å²) in [4.78, 5) is 14.6. The fourth-order valence-electron chi connectivity index (χ4n) is 2.42. The van der Waals surface area contributed by atoms with Crippen LogP contribution in [-0.2, 0) is 10.3 Å². The van der Waals surface area contributed by atoms with Crippen LogP contribution < -0.4 is 4.74 Å². The minimum absolute atomic E-state index is 0.206. The van der Waals surface area contributed by atoms with Crippen molar-refractivity contribution in [3.8, 4) is 5.75 Å². The molecule has 100 valence electrons. The summed E-state index contributed by atoms with van der Waals surface area (Å²) in [6, 6.07) is 2.82. The average molecular weight is 326 g/mol. The highest BCUT2D eigenvalue weighted by Gasteiger charge is 2.42. The molecule has 0 bridgehead atoms. The van der Waals surface area contributed by atoms with E-state index in [1.807, 2.05) is 0 Å². The zero-order valence-corrected chi connectivity index (χ0v) is 11.9. The van der Waals surface area contributed by atoms with Crippen molar-refractivity contribution < 1.29 is 13.9 Å². The van der Waals surface area contributed by atoms with Crippen molar-refractivity contribution in [2.45, 2.75) is 43.7 Å². The molecule has 2 aliphatic rings. The molecule has 0 radical (unpaired) electrons. The number of rotatable bonds is 4. The third kappa shape index (κ3) is 2.33. The van der Waals surface area contributed by atoms with Crippen LogP contribution in [-0.4, -0.2) is 12.2 Å². The summed E-state index contributed by atoms with van der Waals surface area (Å²) in [5.74, 6) is 0.278. The van der Waals surface area contributed by atoms with E-state index in [2.05, 4.69) is 20.9 Å². The van der Waals surface area contributed by atoms with E-state index in [9.17, 15) is 9.18 Å². The number of benzene rings is 1. The number of hydrogen-bond acceptors (Lipinski definition) is 3. The van der Waals surface area contributed by atoms with Gasteiger partial charge in [-0.15, -0.1) is 0 Å². The van der Waals surface area contributed by atoms with Crippen LogP contribution in [0.25, 0.3) is 0 Å². The first-order chi connectivity index (χ1) is 9.14. The van der Waals surface area contributed by atoms with Crippen LogP contribution >= 0.6 is 15.9 Å². The second kappa shape index (κ2) is 4.73. The molecule has 1 aromatic rings. The van der Waals surface area contributed by atoms with Crippen molar-refractivity contribution in [1.29, 1.82) is 0 Å². The average Bonchev–Trinajstić information content (AvgIpc) is 3.11. The van der Waals surface area contributed by atoms with E-state index < -0.39 is 5.54 Å². The van der Waals surface area contributed by atoms with Gasteiger partial charge in [0, 0.05) is 5.56 Å². The van der Waals surface area contributed by atoms with Gasteiger partial charge in [0.25, 0.3) is 0 Å². The van der Waals surface area contributed by atoms with Crippen molar-refractivity contribution in [3.05, 3.63) is 28.0 Å². The Bertz CT molecular complexity index is 561. The molecule has 19 heavy (non-hydrogen) atoms. The van der Waals surface area contributed by atoms with Gasteiger partial charge in [-0.3, -0.25) is 0 Å². The predicted octanol–water partition coefficient (Wildman–Crippen LogP) is 3.84. The molecular formula is C14H13BrFNO2. The van der Waals surface area contributed by atoms with E-state index in [1.165, 1.54) is 12.1 Å². The van der Waals surface area contributed by atoms with Crippen LogP contribution in [0.1, 0.15) is 37.7 Å². The van der Waals surface area contributed by atoms with E-state index in [4.69, 9.17) is 4.74 Å². The number of carbonyl (C=O) groups excluding carboxylic acids is 1. The molecule has 0 N–H and O–H groups in total. The van der Waals surface area contributed by atoms with Crippen molar-refractivity contribution >= 4 is 22.0 Å². The van der Waals surface area contributed by atoms with Gasteiger partial charge < -0.3 is 4.74 Å². The first-order valence-electron chi connectivity index (χ1n) is 6.40. The van der Waals surface area contributed by atoms with Gasteiger partial charge in [0.15, 0.2) is 0 Å². The molecule has 0 heterocycles. The normalized spacial score (nSPS) is 20.3. The van der Waals surface area contributed by atoms with Crippen LogP contribution in [0.2, 0.25) is 0 Å². The molecule has 1 aromatic carbocycles. The van der Waals surface area contributed by atoms with E-state index in [0.717, 1.165) is 32.1 Å². The van der Waals surface area contributed by atoms with Gasteiger partial charge in [-0.2, -0.15) is 4.99 Å². The van der Waals surface area contributed by atoms with E-state index in [-0.39, 0.29) is 11.9 Å². The van der Waals surface area contributed by atoms with Crippen LogP contribution in [0.4, 0.5) is 4.39 Å². The molecule has 0 amide bonds. The Hall–Kier alpha value is -1.19. The predicted molar refractivity (Wildman–Crippen MR) is 71.4 cm³/mol. The summed E-state index contributed by atoms with van der Waals surface area (Å²) in [5.41, 5.74) is 0.0252. The highest BCUT2D eigenvalue weighted by Crippen LogP contribution is 2.50. The Balaban J connectivity index is 2.09. The first kappa shape index (κ1) is 12.8. The Labute approximate surface area is 119 Å². The molecule has 0 spiro atoms. The fraction of sp³-hybridized carbons (Fsp3) is 0.500. The molecule has 2 aliphatic carbocycles. The summed E-state index contributed by atoms with van der Waals surface area (Å²) < 4.78 is 20.1. The Morgan fingerprint density at radius 3 is 2.68 bits per heavy atom. The first-order valence-corrected chi connectivity index (χ1v) is 7.19. The molecule has 2 fully saturated rings. The zero-order chi connectivity index (χ0) is 13.5. The van der Waals surface area contributed by atoms with Gasteiger partial charge >= 0.3 is 0 Å². The van der Waals surface area contributed by atoms with Crippen molar-refractivity contribution in [1.82, 2.24) is 0 Å². The lowest BCUT2D eigenvalue weighted by molar-refractivity contribution is 0.231. The van der Waals surface area contributed by atoms with Crippen LogP contribution in [0.3, 0.4) is 0 Å². The lowest BCUT2D eigenvalue weighted by Crippen LogP contribution is -2.32. The highest BCUT2D eigenvalue weighted by atomic mass is 79.9. The number of nitrogens with zero attached hydrogens (tertiary/aromatic N) is 1. The maximum absolute atomic E-state index is 13.7. The highest BCUT2D eigenvalue weighted by molar-refractivity contribution is 9.10. The maximum atomic E-state index is 13.7. The molecule has 0 atom stereocenters. The lowest BCUT2D eigenvalue weighted by Gasteiger charge is -2.38. The molecule has 3 rings (SSSR count). The van der Waals surface area contributed by atoms with Crippen molar-refractivity contribution in [2.75, 3.05) is 0 Å². The monoisotopic (exact) mass is 325 g/mol. The minimum atomic E-state index is -0.642. The SMILES string of the molecule is O=C=NC1(c2cc(F)cc(Br)c2OC2CC2)CCC1. The van der Waals surface area contributed by atoms with Crippen molar-refractivity contribution in [2.24, 2.45) is 4.99 Å². The maximum Gasteiger partial charge on any atom is 0.235 e. The number of hydrogen-bond donors (Lipinski definition) is 0. The summed E-state index contributed by atoms with van der Waals surface area (Å²) in [6.07, 6.45) is 6.32. The lowest BCUT2D eigenvalue weighted by atomic mass is 9.72. The van der Waals surface area contributed by atoms with Gasteiger partial charge in [0.2, 0.25) is 6.08 Å². The largest absolute Gasteiger partial charge is 0.489 e. The number of halogens is 2. The Kier molecular flexibility index (Phi) is 3.19. The van der Waals surface area contributed by atoms with Crippen LogP contribution in [0.5, 0.6) is 5.75 Å². The fourth-order valence-corrected chi connectivity index (χ4v) is 2.94. The summed E-state index contributed by atoms with van der Waals surface area (Å²) in [6.45, 7) is 0. The van der Waals surface area contributed by atoms with Gasteiger partial charge in [0.05, 0.1) is 10.6 Å². The molecule has 3 nitrogen and oxygen atoms in total.